The van der Waals surface area contributed by atoms with Crippen LogP contribution in [0, 0.1) is 0 Å². The standard InChI is InChI=1S/C13H27NO5S.Na.H/c1-2-8-12(20(17,18)19)9-6-4-3-5-7-10-14-11-13(15)16;;/h12,14H,2-11H2,1H3,(H,15,16)(H,17,18,19);;. The van der Waals surface area contributed by atoms with Crippen LogP contribution in [0.5, 0.6) is 0 Å². The van der Waals surface area contributed by atoms with Crippen LogP contribution in [0.25, 0.3) is 0 Å². The first kappa shape index (κ1) is 23.6. The quantitative estimate of drug-likeness (QED) is 0.267. The molecule has 0 heterocycles. The monoisotopic (exact) mass is 333 g/mol. The van der Waals surface area contributed by atoms with Crippen molar-refractivity contribution in [3.8, 4) is 0 Å². The van der Waals surface area contributed by atoms with Gasteiger partial charge in [0.25, 0.3) is 10.1 Å². The summed E-state index contributed by atoms with van der Waals surface area (Å²) in [5, 5.41) is 10.6. The molecule has 0 amide bonds. The van der Waals surface area contributed by atoms with Crippen molar-refractivity contribution in [3.63, 3.8) is 0 Å². The molecule has 0 fully saturated rings. The number of hydrogen-bond donors (Lipinski definition) is 3. The van der Waals surface area contributed by atoms with Crippen LogP contribution in [0.3, 0.4) is 0 Å². The van der Waals surface area contributed by atoms with Crippen LogP contribution in [-0.4, -0.2) is 71.9 Å². The molecule has 0 aliphatic carbocycles. The van der Waals surface area contributed by atoms with Gasteiger partial charge < -0.3 is 10.4 Å². The molecule has 6 nitrogen and oxygen atoms in total. The predicted molar refractivity (Wildman–Crippen MR) is 85.6 cm³/mol. The summed E-state index contributed by atoms with van der Waals surface area (Å²) in [6.45, 7) is 2.59. The summed E-state index contributed by atoms with van der Waals surface area (Å²) >= 11 is 0. The Morgan fingerprint density at radius 1 is 1.10 bits per heavy atom. The van der Waals surface area contributed by atoms with E-state index in [-0.39, 0.29) is 36.1 Å². The number of carbonyl (C=O) groups is 1. The van der Waals surface area contributed by atoms with E-state index in [0.29, 0.717) is 19.4 Å². The molecule has 1 unspecified atom stereocenters. The Morgan fingerprint density at radius 2 is 1.67 bits per heavy atom. The number of nitrogens with one attached hydrogen (secondary N) is 1. The molecule has 0 spiro atoms. The van der Waals surface area contributed by atoms with Crippen LogP contribution >= 0.6 is 0 Å². The number of carboxylic acids is 1. The SMILES string of the molecule is CCCC(CCCCCCCNCC(=O)O)S(=O)(=O)O.[NaH]. The fourth-order valence-electron chi connectivity index (χ4n) is 2.11. The zero-order valence-electron chi connectivity index (χ0n) is 12.2. The second-order valence-electron chi connectivity index (χ2n) is 5.05. The molecule has 0 aromatic rings. The third-order valence-corrected chi connectivity index (χ3v) is 4.50. The van der Waals surface area contributed by atoms with Gasteiger partial charge in [0.2, 0.25) is 0 Å². The van der Waals surface area contributed by atoms with E-state index in [1.807, 2.05) is 6.92 Å². The molecular formula is C13H28NNaO5S. The Labute approximate surface area is 150 Å². The fourth-order valence-corrected chi connectivity index (χ4v) is 3.11. The van der Waals surface area contributed by atoms with Crippen molar-refractivity contribution in [2.75, 3.05) is 13.1 Å². The Bertz CT molecular complexity index is 362. The molecule has 21 heavy (non-hydrogen) atoms. The van der Waals surface area contributed by atoms with Crippen molar-refractivity contribution in [3.05, 3.63) is 0 Å². The Balaban J connectivity index is 0. The molecule has 0 bridgehead atoms. The molecular weight excluding hydrogens is 305 g/mol. The van der Waals surface area contributed by atoms with Gasteiger partial charge in [-0.1, -0.05) is 39.0 Å². The zero-order valence-corrected chi connectivity index (χ0v) is 13.0. The Hall–Kier alpha value is 0.340. The van der Waals surface area contributed by atoms with Gasteiger partial charge in [0.15, 0.2) is 0 Å². The molecule has 1 atom stereocenters. The summed E-state index contributed by atoms with van der Waals surface area (Å²) in [7, 11) is -3.91. The molecule has 0 saturated carbocycles. The average molecular weight is 333 g/mol. The summed E-state index contributed by atoms with van der Waals surface area (Å²) in [6.07, 6.45) is 6.43. The summed E-state index contributed by atoms with van der Waals surface area (Å²) in [4.78, 5) is 10.2. The molecule has 0 aromatic carbocycles. The summed E-state index contributed by atoms with van der Waals surface area (Å²) in [6, 6.07) is 0. The first-order valence-corrected chi connectivity index (χ1v) is 8.77. The molecule has 0 radical (unpaired) electrons. The molecule has 0 saturated heterocycles. The van der Waals surface area contributed by atoms with Gasteiger partial charge >= 0.3 is 35.5 Å². The number of hydrogen-bond acceptors (Lipinski definition) is 4. The Morgan fingerprint density at radius 3 is 2.19 bits per heavy atom. The summed E-state index contributed by atoms with van der Waals surface area (Å²) in [5.74, 6) is -0.850. The van der Waals surface area contributed by atoms with E-state index in [1.165, 1.54) is 0 Å². The second kappa shape index (κ2) is 14.0. The van der Waals surface area contributed by atoms with Gasteiger partial charge in [-0.2, -0.15) is 8.42 Å². The minimum absolute atomic E-state index is 0. The third-order valence-electron chi connectivity index (χ3n) is 3.19. The molecule has 122 valence electrons. The van der Waals surface area contributed by atoms with Crippen LogP contribution in [0.4, 0.5) is 0 Å². The summed E-state index contributed by atoms with van der Waals surface area (Å²) < 4.78 is 31.3. The van der Waals surface area contributed by atoms with E-state index in [9.17, 15) is 13.2 Å². The normalized spacial score (nSPS) is 12.7. The minimum atomic E-state index is -3.91. The number of aliphatic carboxylic acids is 1. The van der Waals surface area contributed by atoms with Gasteiger partial charge in [-0.25, -0.2) is 0 Å². The zero-order chi connectivity index (χ0) is 15.4. The van der Waals surface area contributed by atoms with Gasteiger partial charge in [0.05, 0.1) is 11.8 Å². The average Bonchev–Trinajstić information content (AvgIpc) is 2.33. The Kier molecular flexibility index (Phi) is 15.7. The maximum absolute atomic E-state index is 11.1. The van der Waals surface area contributed by atoms with E-state index in [2.05, 4.69) is 5.32 Å². The molecule has 3 N–H and O–H groups in total. The van der Waals surface area contributed by atoms with Gasteiger partial charge in [0, 0.05) is 0 Å². The van der Waals surface area contributed by atoms with Crippen molar-refractivity contribution in [2.45, 2.75) is 63.5 Å². The van der Waals surface area contributed by atoms with Gasteiger partial charge in [-0.15, -0.1) is 0 Å². The van der Waals surface area contributed by atoms with Crippen molar-refractivity contribution < 1.29 is 22.9 Å². The first-order valence-electron chi connectivity index (χ1n) is 7.26. The second-order valence-corrected chi connectivity index (χ2v) is 6.75. The van der Waals surface area contributed by atoms with Crippen LogP contribution in [0.15, 0.2) is 0 Å². The van der Waals surface area contributed by atoms with Crippen molar-refractivity contribution in [1.82, 2.24) is 5.32 Å². The fraction of sp³-hybridized carbons (Fsp3) is 0.923. The number of rotatable bonds is 13. The van der Waals surface area contributed by atoms with E-state index < -0.39 is 21.3 Å². The molecule has 0 aromatic heterocycles. The van der Waals surface area contributed by atoms with Crippen LogP contribution in [-0.2, 0) is 14.9 Å². The van der Waals surface area contributed by atoms with Gasteiger partial charge in [0.1, 0.15) is 0 Å². The predicted octanol–water partition coefficient (Wildman–Crippen LogP) is 1.41. The molecule has 0 rings (SSSR count). The van der Waals surface area contributed by atoms with Crippen LogP contribution < -0.4 is 5.32 Å². The van der Waals surface area contributed by atoms with E-state index >= 15 is 0 Å². The van der Waals surface area contributed by atoms with Crippen molar-refractivity contribution >= 4 is 45.6 Å². The summed E-state index contributed by atoms with van der Waals surface area (Å²) in [5.41, 5.74) is 0. The van der Waals surface area contributed by atoms with Crippen LogP contribution in [0.1, 0.15) is 58.3 Å². The molecule has 0 aliphatic rings. The third kappa shape index (κ3) is 15.0. The molecule has 8 heteroatoms. The van der Waals surface area contributed by atoms with E-state index in [4.69, 9.17) is 9.66 Å². The maximum atomic E-state index is 11.1. The number of unbranched alkanes of at least 4 members (excludes halogenated alkanes) is 4. The van der Waals surface area contributed by atoms with Crippen molar-refractivity contribution in [2.24, 2.45) is 0 Å². The van der Waals surface area contributed by atoms with Crippen LogP contribution in [0.2, 0.25) is 0 Å². The first-order chi connectivity index (χ1) is 9.38. The van der Waals surface area contributed by atoms with Crippen molar-refractivity contribution in [1.29, 1.82) is 0 Å². The van der Waals surface area contributed by atoms with E-state index in [1.54, 1.807) is 0 Å². The van der Waals surface area contributed by atoms with Gasteiger partial charge in [-0.05, 0) is 25.8 Å². The van der Waals surface area contributed by atoms with E-state index in [0.717, 1.165) is 38.5 Å². The number of carboxylic acid groups (broad SMARTS) is 1. The topological polar surface area (TPSA) is 104 Å². The molecule has 0 aliphatic heterocycles. The van der Waals surface area contributed by atoms with Gasteiger partial charge in [-0.3, -0.25) is 9.35 Å².